The maximum atomic E-state index is 12.6. The van der Waals surface area contributed by atoms with Gasteiger partial charge in [0.05, 0.1) is 18.8 Å². The summed E-state index contributed by atoms with van der Waals surface area (Å²) in [5.74, 6) is 0. The molecule has 0 radical (unpaired) electrons. The Morgan fingerprint density at radius 2 is 2.10 bits per heavy atom. The molecular formula is C24H32N4O2S. The van der Waals surface area contributed by atoms with E-state index in [-0.39, 0.29) is 18.2 Å². The largest absolute Gasteiger partial charge is 0.373 e. The van der Waals surface area contributed by atoms with Crippen molar-refractivity contribution in [1.82, 2.24) is 20.4 Å². The van der Waals surface area contributed by atoms with Gasteiger partial charge < -0.3 is 15.4 Å². The molecule has 1 aromatic heterocycles. The van der Waals surface area contributed by atoms with Crippen molar-refractivity contribution in [2.45, 2.75) is 44.0 Å². The first kappa shape index (κ1) is 20.9. The summed E-state index contributed by atoms with van der Waals surface area (Å²) in [6, 6.07) is 13.4. The van der Waals surface area contributed by atoms with Crippen LogP contribution in [0.2, 0.25) is 0 Å². The van der Waals surface area contributed by atoms with Crippen LogP contribution in [0.1, 0.15) is 34.9 Å². The van der Waals surface area contributed by atoms with Crippen LogP contribution in [-0.2, 0) is 17.7 Å². The van der Waals surface area contributed by atoms with E-state index in [0.717, 1.165) is 39.2 Å². The van der Waals surface area contributed by atoms with Crippen LogP contribution in [0.4, 0.5) is 4.79 Å². The maximum Gasteiger partial charge on any atom is 0.314 e. The number of amides is 2. The minimum Gasteiger partial charge on any atom is -0.373 e. The van der Waals surface area contributed by atoms with Crippen molar-refractivity contribution in [2.24, 2.45) is 0 Å². The van der Waals surface area contributed by atoms with E-state index in [1.54, 1.807) is 0 Å². The van der Waals surface area contributed by atoms with Crippen LogP contribution in [-0.4, -0.2) is 67.3 Å². The second-order valence-electron chi connectivity index (χ2n) is 8.85. The van der Waals surface area contributed by atoms with Gasteiger partial charge in [0.25, 0.3) is 0 Å². The average molecular weight is 441 g/mol. The fourth-order valence-corrected chi connectivity index (χ4v) is 6.03. The van der Waals surface area contributed by atoms with Gasteiger partial charge in [-0.25, -0.2) is 4.79 Å². The fraction of sp³-hybridized carbons (Fsp3) is 0.542. The lowest BCUT2D eigenvalue weighted by Crippen LogP contribution is -2.51. The summed E-state index contributed by atoms with van der Waals surface area (Å²) in [4.78, 5) is 19.1. The number of carbonyl (C=O) groups is 1. The zero-order valence-corrected chi connectivity index (χ0v) is 18.8. The van der Waals surface area contributed by atoms with Gasteiger partial charge in [0.2, 0.25) is 0 Å². The van der Waals surface area contributed by atoms with Crippen molar-refractivity contribution in [3.63, 3.8) is 0 Å². The first-order chi connectivity index (χ1) is 15.3. The highest BCUT2D eigenvalue weighted by molar-refractivity contribution is 7.10. The van der Waals surface area contributed by atoms with Gasteiger partial charge in [-0.3, -0.25) is 9.80 Å². The molecule has 5 rings (SSSR count). The van der Waals surface area contributed by atoms with Crippen LogP contribution in [0, 0.1) is 0 Å². The van der Waals surface area contributed by atoms with Crippen molar-refractivity contribution in [1.29, 1.82) is 0 Å². The van der Waals surface area contributed by atoms with Crippen molar-refractivity contribution in [3.8, 4) is 0 Å². The Morgan fingerprint density at radius 1 is 1.19 bits per heavy atom. The number of urea groups is 1. The number of hydrogen-bond acceptors (Lipinski definition) is 5. The summed E-state index contributed by atoms with van der Waals surface area (Å²) in [7, 11) is 0. The fourth-order valence-electron chi connectivity index (χ4n) is 5.14. The lowest BCUT2D eigenvalue weighted by Gasteiger charge is -2.36. The predicted molar refractivity (Wildman–Crippen MR) is 123 cm³/mol. The van der Waals surface area contributed by atoms with Crippen molar-refractivity contribution in [3.05, 3.63) is 57.8 Å². The summed E-state index contributed by atoms with van der Waals surface area (Å²) in [6.45, 7) is 6.00. The quantitative estimate of drug-likeness (QED) is 0.725. The number of benzene rings is 1. The maximum absolute atomic E-state index is 12.6. The number of carbonyl (C=O) groups excluding carboxylic acids is 1. The summed E-state index contributed by atoms with van der Waals surface area (Å²) < 4.78 is 5.97. The van der Waals surface area contributed by atoms with Crippen LogP contribution >= 0.6 is 11.3 Å². The Hall–Kier alpha value is -1.93. The van der Waals surface area contributed by atoms with Gasteiger partial charge in [0, 0.05) is 43.6 Å². The molecule has 2 amide bonds. The van der Waals surface area contributed by atoms with Gasteiger partial charge in [-0.1, -0.05) is 30.3 Å². The number of ether oxygens (including phenoxy) is 1. The summed E-state index contributed by atoms with van der Waals surface area (Å²) in [5, 5.41) is 8.35. The third-order valence-corrected chi connectivity index (χ3v) is 7.89. The SMILES string of the molecule is O=C(NCC1CN2CCCC2CO1)NCC(c1ccccc1)N1CCc2sccc2C1. The molecule has 3 unspecified atom stereocenters. The zero-order valence-electron chi connectivity index (χ0n) is 18.0. The number of rotatable bonds is 6. The van der Waals surface area contributed by atoms with E-state index >= 15 is 0 Å². The molecule has 0 spiro atoms. The molecule has 0 aliphatic carbocycles. The zero-order chi connectivity index (χ0) is 21.0. The highest BCUT2D eigenvalue weighted by atomic mass is 32.1. The molecule has 0 bridgehead atoms. The molecule has 0 saturated carbocycles. The van der Waals surface area contributed by atoms with Crippen LogP contribution < -0.4 is 10.6 Å². The van der Waals surface area contributed by atoms with Crippen molar-refractivity contribution < 1.29 is 9.53 Å². The third-order valence-electron chi connectivity index (χ3n) is 6.87. The molecule has 3 atom stereocenters. The first-order valence-electron chi connectivity index (χ1n) is 11.5. The Balaban J connectivity index is 1.15. The predicted octanol–water partition coefficient (Wildman–Crippen LogP) is 3.01. The average Bonchev–Trinajstić information content (AvgIpc) is 3.47. The second kappa shape index (κ2) is 9.69. The van der Waals surface area contributed by atoms with E-state index < -0.39 is 0 Å². The van der Waals surface area contributed by atoms with Gasteiger partial charge in [-0.05, 0) is 48.4 Å². The van der Waals surface area contributed by atoms with Crippen molar-refractivity contribution in [2.75, 3.05) is 39.3 Å². The number of fused-ring (bicyclic) bond motifs is 2. The normalized spacial score (nSPS) is 24.9. The molecule has 2 N–H and O–H groups in total. The summed E-state index contributed by atoms with van der Waals surface area (Å²) >= 11 is 1.86. The number of morpholine rings is 1. The minimum atomic E-state index is -0.110. The van der Waals surface area contributed by atoms with E-state index in [2.05, 4.69) is 56.1 Å². The van der Waals surface area contributed by atoms with Gasteiger partial charge in [0.1, 0.15) is 0 Å². The number of hydrogen-bond donors (Lipinski definition) is 2. The molecule has 31 heavy (non-hydrogen) atoms. The molecule has 4 heterocycles. The van der Waals surface area contributed by atoms with Crippen LogP contribution in [0.5, 0.6) is 0 Å². The standard InChI is InChI=1S/C24H32N4O2S/c29-24(25-13-21-16-27-10-4-7-20(27)17-30-21)26-14-22(18-5-2-1-3-6-18)28-11-8-23-19(15-28)9-12-31-23/h1-3,5-6,9,12,20-22H,4,7-8,10-11,13-17H2,(H2,25,26,29). The van der Waals surface area contributed by atoms with Gasteiger partial charge in [0.15, 0.2) is 0 Å². The molecule has 2 fully saturated rings. The van der Waals surface area contributed by atoms with E-state index in [1.165, 1.54) is 28.8 Å². The molecular weight excluding hydrogens is 408 g/mol. The number of nitrogens with zero attached hydrogens (tertiary/aromatic N) is 2. The van der Waals surface area contributed by atoms with Crippen LogP contribution in [0.3, 0.4) is 0 Å². The molecule has 2 aromatic rings. The van der Waals surface area contributed by atoms with Gasteiger partial charge in [-0.15, -0.1) is 11.3 Å². The topological polar surface area (TPSA) is 56.8 Å². The Labute approximate surface area is 188 Å². The molecule has 3 aliphatic rings. The van der Waals surface area contributed by atoms with Gasteiger partial charge in [-0.2, -0.15) is 0 Å². The van der Waals surface area contributed by atoms with Crippen LogP contribution in [0.25, 0.3) is 0 Å². The summed E-state index contributed by atoms with van der Waals surface area (Å²) in [6.07, 6.45) is 3.67. The molecule has 1 aromatic carbocycles. The van der Waals surface area contributed by atoms with E-state index in [0.29, 0.717) is 19.1 Å². The Kier molecular flexibility index (Phi) is 6.55. The molecule has 2 saturated heterocycles. The molecule has 3 aliphatic heterocycles. The van der Waals surface area contributed by atoms with Crippen molar-refractivity contribution >= 4 is 17.4 Å². The highest BCUT2D eigenvalue weighted by Crippen LogP contribution is 2.30. The van der Waals surface area contributed by atoms with E-state index in [4.69, 9.17) is 4.74 Å². The molecule has 166 valence electrons. The van der Waals surface area contributed by atoms with E-state index in [9.17, 15) is 4.79 Å². The Bertz CT molecular complexity index is 873. The van der Waals surface area contributed by atoms with Crippen LogP contribution in [0.15, 0.2) is 41.8 Å². The monoisotopic (exact) mass is 440 g/mol. The number of nitrogens with one attached hydrogen (secondary N) is 2. The summed E-state index contributed by atoms with van der Waals surface area (Å²) in [5.41, 5.74) is 2.67. The highest BCUT2D eigenvalue weighted by Gasteiger charge is 2.32. The Morgan fingerprint density at radius 3 is 3.00 bits per heavy atom. The number of thiophene rings is 1. The second-order valence-corrected chi connectivity index (χ2v) is 9.85. The lowest BCUT2D eigenvalue weighted by molar-refractivity contribution is -0.0458. The molecule has 7 heteroatoms. The van der Waals surface area contributed by atoms with Gasteiger partial charge >= 0.3 is 6.03 Å². The smallest absolute Gasteiger partial charge is 0.314 e. The minimum absolute atomic E-state index is 0.0872. The third kappa shape index (κ3) is 4.95. The molecule has 6 nitrogen and oxygen atoms in total. The lowest BCUT2D eigenvalue weighted by atomic mass is 10.0. The first-order valence-corrected chi connectivity index (χ1v) is 12.4. The van der Waals surface area contributed by atoms with E-state index in [1.807, 2.05) is 17.4 Å².